The molecular weight excluding hydrogens is 280 g/mol. The quantitative estimate of drug-likeness (QED) is 0.753. The smallest absolute Gasteiger partial charge is 0.344 e. The number of hydrogen-bond acceptors (Lipinski definition) is 4. The van der Waals surface area contributed by atoms with Crippen LogP contribution in [0.2, 0.25) is 0 Å². The first kappa shape index (κ1) is 14.1. The summed E-state index contributed by atoms with van der Waals surface area (Å²) in [5.74, 6) is -1.28. The summed E-state index contributed by atoms with van der Waals surface area (Å²) >= 11 is 0. The standard InChI is InChI=1S/C18H14O4/c1-11(19)15(12-7-3-2-4-8-12)16-17(20)13-9-5-6-10-14(13)22-18(16)21/h2-10,15,20H,1H3/t15-/m0/s1. The van der Waals surface area contributed by atoms with Crippen molar-refractivity contribution in [2.24, 2.45) is 0 Å². The zero-order chi connectivity index (χ0) is 15.7. The van der Waals surface area contributed by atoms with Crippen LogP contribution < -0.4 is 5.63 Å². The van der Waals surface area contributed by atoms with Crippen LogP contribution >= 0.6 is 0 Å². The Kier molecular flexibility index (Phi) is 3.51. The van der Waals surface area contributed by atoms with Gasteiger partial charge in [-0.25, -0.2) is 4.79 Å². The van der Waals surface area contributed by atoms with Crippen molar-refractivity contribution < 1.29 is 14.3 Å². The van der Waals surface area contributed by atoms with Crippen molar-refractivity contribution in [1.82, 2.24) is 0 Å². The molecule has 0 saturated carbocycles. The van der Waals surface area contributed by atoms with Crippen LogP contribution in [0.15, 0.2) is 63.8 Å². The third-order valence-electron chi connectivity index (χ3n) is 3.65. The number of carbonyl (C=O) groups excluding carboxylic acids is 1. The first-order chi connectivity index (χ1) is 10.6. The molecule has 0 aliphatic rings. The molecule has 0 fully saturated rings. The lowest BCUT2D eigenvalue weighted by atomic mass is 9.88. The number of ketones is 1. The molecule has 22 heavy (non-hydrogen) atoms. The molecule has 110 valence electrons. The highest BCUT2D eigenvalue weighted by Crippen LogP contribution is 2.34. The monoisotopic (exact) mass is 294 g/mol. The maximum Gasteiger partial charge on any atom is 0.344 e. The number of para-hydroxylation sites is 1. The number of Topliss-reactive ketones (excluding diaryl/α,β-unsaturated/α-hetero) is 1. The lowest BCUT2D eigenvalue weighted by Gasteiger charge is -2.15. The van der Waals surface area contributed by atoms with E-state index in [1.54, 1.807) is 48.5 Å². The summed E-state index contributed by atoms with van der Waals surface area (Å²) in [5.41, 5.74) is 0.231. The zero-order valence-electron chi connectivity index (χ0n) is 11.9. The van der Waals surface area contributed by atoms with Gasteiger partial charge in [0.2, 0.25) is 0 Å². The highest BCUT2D eigenvalue weighted by molar-refractivity contribution is 5.91. The summed E-state index contributed by atoms with van der Waals surface area (Å²) in [4.78, 5) is 24.4. The Bertz CT molecular complexity index is 894. The molecule has 4 nitrogen and oxygen atoms in total. The van der Waals surface area contributed by atoms with E-state index in [0.717, 1.165) is 0 Å². The molecule has 3 aromatic rings. The predicted molar refractivity (Wildman–Crippen MR) is 83.1 cm³/mol. The van der Waals surface area contributed by atoms with Gasteiger partial charge in [-0.3, -0.25) is 4.79 Å². The normalized spacial score (nSPS) is 12.2. The lowest BCUT2D eigenvalue weighted by molar-refractivity contribution is -0.117. The maximum absolute atomic E-state index is 12.3. The van der Waals surface area contributed by atoms with Crippen LogP contribution in [0.3, 0.4) is 0 Å². The average Bonchev–Trinajstić information content (AvgIpc) is 2.52. The van der Waals surface area contributed by atoms with Crippen LogP contribution in [0.25, 0.3) is 11.0 Å². The van der Waals surface area contributed by atoms with Crippen LogP contribution in [0, 0.1) is 0 Å². The molecular formula is C18H14O4. The number of rotatable bonds is 3. The molecule has 1 heterocycles. The highest BCUT2D eigenvalue weighted by Gasteiger charge is 2.27. The Morgan fingerprint density at radius 2 is 1.68 bits per heavy atom. The van der Waals surface area contributed by atoms with Gasteiger partial charge in [-0.05, 0) is 24.6 Å². The fourth-order valence-electron chi connectivity index (χ4n) is 2.65. The Labute approximate surface area is 126 Å². The summed E-state index contributed by atoms with van der Waals surface area (Å²) in [6.07, 6.45) is 0. The van der Waals surface area contributed by atoms with Crippen LogP contribution in [0.4, 0.5) is 0 Å². The molecule has 4 heteroatoms. The van der Waals surface area contributed by atoms with Crippen molar-refractivity contribution in [3.63, 3.8) is 0 Å². The van der Waals surface area contributed by atoms with Gasteiger partial charge in [0.15, 0.2) is 0 Å². The lowest BCUT2D eigenvalue weighted by Crippen LogP contribution is -2.19. The number of fused-ring (bicyclic) bond motifs is 1. The number of benzene rings is 2. The molecule has 0 aliphatic carbocycles. The minimum Gasteiger partial charge on any atom is -0.507 e. The minimum absolute atomic E-state index is 0.0163. The van der Waals surface area contributed by atoms with E-state index in [1.165, 1.54) is 6.92 Å². The fourth-order valence-corrected chi connectivity index (χ4v) is 2.65. The Morgan fingerprint density at radius 1 is 1.05 bits per heavy atom. The Balaban J connectivity index is 2.32. The summed E-state index contributed by atoms with van der Waals surface area (Å²) in [5, 5.41) is 10.9. The second kappa shape index (κ2) is 5.48. The fraction of sp³-hybridized carbons (Fsp3) is 0.111. The van der Waals surface area contributed by atoms with E-state index in [9.17, 15) is 14.7 Å². The zero-order valence-corrected chi connectivity index (χ0v) is 11.9. The molecule has 0 saturated heterocycles. The molecule has 0 amide bonds. The van der Waals surface area contributed by atoms with Gasteiger partial charge in [-0.2, -0.15) is 0 Å². The van der Waals surface area contributed by atoms with E-state index >= 15 is 0 Å². The van der Waals surface area contributed by atoms with E-state index in [4.69, 9.17) is 4.42 Å². The molecule has 2 aromatic carbocycles. The first-order valence-corrected chi connectivity index (χ1v) is 6.89. The van der Waals surface area contributed by atoms with Gasteiger partial charge in [-0.1, -0.05) is 42.5 Å². The van der Waals surface area contributed by atoms with E-state index in [2.05, 4.69) is 0 Å². The maximum atomic E-state index is 12.3. The van der Waals surface area contributed by atoms with Gasteiger partial charge >= 0.3 is 5.63 Å². The van der Waals surface area contributed by atoms with Crippen molar-refractivity contribution in [1.29, 1.82) is 0 Å². The van der Waals surface area contributed by atoms with E-state index in [1.807, 2.05) is 6.07 Å². The molecule has 1 atom stereocenters. The second-order valence-corrected chi connectivity index (χ2v) is 5.10. The van der Waals surface area contributed by atoms with Gasteiger partial charge in [0.05, 0.1) is 16.9 Å². The topological polar surface area (TPSA) is 67.5 Å². The first-order valence-electron chi connectivity index (χ1n) is 6.89. The van der Waals surface area contributed by atoms with E-state index in [-0.39, 0.29) is 17.1 Å². The summed E-state index contributed by atoms with van der Waals surface area (Å²) < 4.78 is 5.26. The van der Waals surface area contributed by atoms with Gasteiger partial charge in [0, 0.05) is 0 Å². The SMILES string of the molecule is CC(=O)[C@@H](c1ccccc1)c1c(O)c2ccccc2oc1=O. The summed E-state index contributed by atoms with van der Waals surface area (Å²) in [6.45, 7) is 1.39. The van der Waals surface area contributed by atoms with Crippen molar-refractivity contribution in [2.75, 3.05) is 0 Å². The molecule has 0 radical (unpaired) electrons. The van der Waals surface area contributed by atoms with Crippen molar-refractivity contribution in [3.8, 4) is 5.75 Å². The van der Waals surface area contributed by atoms with Gasteiger partial charge in [0.25, 0.3) is 0 Å². The number of carbonyl (C=O) groups is 1. The molecule has 0 aliphatic heterocycles. The predicted octanol–water partition coefficient (Wildman–Crippen LogP) is 3.22. The largest absolute Gasteiger partial charge is 0.507 e. The summed E-state index contributed by atoms with van der Waals surface area (Å²) in [7, 11) is 0. The second-order valence-electron chi connectivity index (χ2n) is 5.10. The molecule has 3 rings (SSSR count). The highest BCUT2D eigenvalue weighted by atomic mass is 16.4. The Morgan fingerprint density at radius 3 is 2.36 bits per heavy atom. The molecule has 0 unspecified atom stereocenters. The number of aromatic hydroxyl groups is 1. The van der Waals surface area contributed by atoms with Crippen LogP contribution in [0.1, 0.15) is 24.0 Å². The summed E-state index contributed by atoms with van der Waals surface area (Å²) in [6, 6.07) is 15.6. The molecule has 1 aromatic heterocycles. The molecule has 1 N–H and O–H groups in total. The van der Waals surface area contributed by atoms with Crippen LogP contribution in [-0.4, -0.2) is 10.9 Å². The molecule has 0 bridgehead atoms. The third-order valence-corrected chi connectivity index (χ3v) is 3.65. The van der Waals surface area contributed by atoms with Gasteiger partial charge in [-0.15, -0.1) is 0 Å². The van der Waals surface area contributed by atoms with Crippen molar-refractivity contribution >= 4 is 16.8 Å². The Hall–Kier alpha value is -2.88. The van der Waals surface area contributed by atoms with Crippen LogP contribution in [-0.2, 0) is 4.79 Å². The average molecular weight is 294 g/mol. The van der Waals surface area contributed by atoms with Crippen LogP contribution in [0.5, 0.6) is 5.75 Å². The third kappa shape index (κ3) is 2.29. The van der Waals surface area contributed by atoms with Gasteiger partial charge < -0.3 is 9.52 Å². The van der Waals surface area contributed by atoms with Gasteiger partial charge in [0.1, 0.15) is 17.1 Å². The molecule has 0 spiro atoms. The van der Waals surface area contributed by atoms with E-state index in [0.29, 0.717) is 16.5 Å². The minimum atomic E-state index is -0.845. The van der Waals surface area contributed by atoms with Crippen molar-refractivity contribution in [3.05, 3.63) is 76.1 Å². The number of hydrogen-bond donors (Lipinski definition) is 1. The van der Waals surface area contributed by atoms with E-state index < -0.39 is 11.5 Å². The van der Waals surface area contributed by atoms with Crippen molar-refractivity contribution in [2.45, 2.75) is 12.8 Å².